The Labute approximate surface area is 153 Å². The number of aliphatic imine (C=N–C) groups is 1. The molecule has 0 amide bonds. The monoisotopic (exact) mass is 410 g/mol. The molecule has 0 spiro atoms. The van der Waals surface area contributed by atoms with Gasteiger partial charge in [0.05, 0.1) is 11.0 Å². The Kier molecular flexibility index (Phi) is 5.57. The molecule has 8 heteroatoms. The zero-order chi connectivity index (χ0) is 16.9. The van der Waals surface area contributed by atoms with Crippen molar-refractivity contribution in [2.24, 2.45) is 4.99 Å². The van der Waals surface area contributed by atoms with Gasteiger partial charge in [-0.2, -0.15) is 0 Å². The van der Waals surface area contributed by atoms with Crippen molar-refractivity contribution in [2.75, 3.05) is 13.8 Å². The number of ether oxygens (including phenoxy) is 2. The maximum absolute atomic E-state index is 5.44. The van der Waals surface area contributed by atoms with Crippen LogP contribution >= 0.6 is 27.3 Å². The second-order valence-electron chi connectivity index (χ2n) is 5.16. The molecule has 6 nitrogen and oxygen atoms in total. The van der Waals surface area contributed by atoms with Gasteiger partial charge in [0.2, 0.25) is 6.79 Å². The van der Waals surface area contributed by atoms with E-state index in [1.165, 1.54) is 4.88 Å². The van der Waals surface area contributed by atoms with E-state index in [0.29, 0.717) is 13.1 Å². The van der Waals surface area contributed by atoms with Crippen LogP contribution in [0.25, 0.3) is 0 Å². The molecule has 2 heterocycles. The lowest BCUT2D eigenvalue weighted by Gasteiger charge is -2.11. The number of hydrogen-bond acceptors (Lipinski definition) is 5. The van der Waals surface area contributed by atoms with Crippen molar-refractivity contribution in [2.45, 2.75) is 26.4 Å². The summed E-state index contributed by atoms with van der Waals surface area (Å²) in [5, 5.41) is 7.63. The number of benzene rings is 1. The molecule has 0 saturated heterocycles. The lowest BCUT2D eigenvalue weighted by Crippen LogP contribution is -2.36. The summed E-state index contributed by atoms with van der Waals surface area (Å²) in [4.78, 5) is 9.93. The van der Waals surface area contributed by atoms with Gasteiger partial charge in [-0.05, 0) is 40.0 Å². The van der Waals surface area contributed by atoms with Crippen LogP contribution in [0, 0.1) is 0 Å². The van der Waals surface area contributed by atoms with Crippen molar-refractivity contribution < 1.29 is 9.47 Å². The molecule has 24 heavy (non-hydrogen) atoms. The van der Waals surface area contributed by atoms with E-state index in [1.54, 1.807) is 18.4 Å². The third kappa shape index (κ3) is 3.99. The smallest absolute Gasteiger partial charge is 0.231 e. The summed E-state index contributed by atoms with van der Waals surface area (Å²) in [5.41, 5.74) is 1.08. The molecule has 1 aliphatic rings. The topological polar surface area (TPSA) is 67.8 Å². The minimum absolute atomic E-state index is 0.265. The van der Waals surface area contributed by atoms with Gasteiger partial charge in [0, 0.05) is 24.7 Å². The molecular formula is C16H19BrN4O2S. The van der Waals surface area contributed by atoms with E-state index in [-0.39, 0.29) is 6.79 Å². The van der Waals surface area contributed by atoms with Crippen LogP contribution in [0.2, 0.25) is 0 Å². The summed E-state index contributed by atoms with van der Waals surface area (Å²) in [5.74, 6) is 2.26. The van der Waals surface area contributed by atoms with Crippen LogP contribution in [0.5, 0.6) is 11.5 Å². The van der Waals surface area contributed by atoms with Crippen molar-refractivity contribution in [3.8, 4) is 11.5 Å². The number of thiazole rings is 1. The average molecular weight is 411 g/mol. The molecule has 128 valence electrons. The lowest BCUT2D eigenvalue weighted by atomic mass is 10.2. The predicted molar refractivity (Wildman–Crippen MR) is 98.8 cm³/mol. The third-order valence-corrected chi connectivity index (χ3v) is 5.26. The molecule has 1 aliphatic heterocycles. The predicted octanol–water partition coefficient (Wildman–Crippen LogP) is 3.06. The first kappa shape index (κ1) is 17.0. The third-order valence-electron chi connectivity index (χ3n) is 3.53. The van der Waals surface area contributed by atoms with Crippen LogP contribution in [-0.2, 0) is 19.5 Å². The van der Waals surface area contributed by atoms with Crippen molar-refractivity contribution >= 4 is 33.2 Å². The van der Waals surface area contributed by atoms with E-state index < -0.39 is 0 Å². The molecule has 2 N–H and O–H groups in total. The molecule has 0 aliphatic carbocycles. The number of guanidine groups is 1. The SMILES string of the molecule is CCc1cnc(CNC(=NC)NCc2cc(Br)c3c(c2)OCO3)s1. The first-order chi connectivity index (χ1) is 11.7. The summed E-state index contributed by atoms with van der Waals surface area (Å²) in [6, 6.07) is 3.99. The Morgan fingerprint density at radius 2 is 2.17 bits per heavy atom. The lowest BCUT2D eigenvalue weighted by molar-refractivity contribution is 0.173. The van der Waals surface area contributed by atoms with E-state index in [4.69, 9.17) is 9.47 Å². The second-order valence-corrected chi connectivity index (χ2v) is 7.22. The summed E-state index contributed by atoms with van der Waals surface area (Å²) < 4.78 is 11.7. The minimum atomic E-state index is 0.265. The summed E-state index contributed by atoms with van der Waals surface area (Å²) in [7, 11) is 1.75. The highest BCUT2D eigenvalue weighted by molar-refractivity contribution is 9.10. The molecule has 2 aromatic rings. The normalized spacial score (nSPS) is 13.2. The first-order valence-electron chi connectivity index (χ1n) is 7.65. The zero-order valence-electron chi connectivity index (χ0n) is 13.6. The maximum atomic E-state index is 5.44. The molecule has 0 fully saturated rings. The number of halogens is 1. The van der Waals surface area contributed by atoms with E-state index in [9.17, 15) is 0 Å². The molecule has 0 saturated carbocycles. The van der Waals surface area contributed by atoms with Gasteiger partial charge in [-0.25, -0.2) is 4.98 Å². The second kappa shape index (κ2) is 7.85. The molecule has 0 atom stereocenters. The van der Waals surface area contributed by atoms with Crippen molar-refractivity contribution in [3.63, 3.8) is 0 Å². The number of nitrogens with zero attached hydrogens (tertiary/aromatic N) is 2. The van der Waals surface area contributed by atoms with E-state index in [0.717, 1.165) is 38.9 Å². The van der Waals surface area contributed by atoms with Gasteiger partial charge < -0.3 is 20.1 Å². The van der Waals surface area contributed by atoms with Gasteiger partial charge in [-0.15, -0.1) is 11.3 Å². The van der Waals surface area contributed by atoms with Crippen LogP contribution < -0.4 is 20.1 Å². The summed E-state index contributed by atoms with van der Waals surface area (Å²) in [6.45, 7) is 3.69. The largest absolute Gasteiger partial charge is 0.454 e. The molecule has 0 radical (unpaired) electrons. The van der Waals surface area contributed by atoms with Crippen LogP contribution in [0.1, 0.15) is 22.4 Å². The number of fused-ring (bicyclic) bond motifs is 1. The molecule has 1 aromatic carbocycles. The number of hydrogen-bond donors (Lipinski definition) is 2. The Bertz CT molecular complexity index is 748. The molecule has 1 aromatic heterocycles. The highest BCUT2D eigenvalue weighted by atomic mass is 79.9. The Morgan fingerprint density at radius 3 is 2.92 bits per heavy atom. The quantitative estimate of drug-likeness (QED) is 0.585. The van der Waals surface area contributed by atoms with Gasteiger partial charge in [0.15, 0.2) is 17.5 Å². The van der Waals surface area contributed by atoms with Gasteiger partial charge in [0.1, 0.15) is 5.01 Å². The van der Waals surface area contributed by atoms with Crippen LogP contribution in [-0.4, -0.2) is 24.8 Å². The number of rotatable bonds is 5. The van der Waals surface area contributed by atoms with Crippen LogP contribution in [0.3, 0.4) is 0 Å². The van der Waals surface area contributed by atoms with Crippen LogP contribution in [0.15, 0.2) is 27.8 Å². The van der Waals surface area contributed by atoms with Crippen molar-refractivity contribution in [1.29, 1.82) is 0 Å². The number of aromatic nitrogens is 1. The van der Waals surface area contributed by atoms with Gasteiger partial charge in [-0.1, -0.05) is 6.92 Å². The number of nitrogens with one attached hydrogen (secondary N) is 2. The summed E-state index contributed by atoms with van der Waals surface area (Å²) in [6.07, 6.45) is 2.95. The molecule has 0 unspecified atom stereocenters. The summed E-state index contributed by atoms with van der Waals surface area (Å²) >= 11 is 5.23. The molecule has 3 rings (SSSR count). The maximum Gasteiger partial charge on any atom is 0.231 e. The van der Waals surface area contributed by atoms with Crippen molar-refractivity contribution in [3.05, 3.63) is 38.3 Å². The van der Waals surface area contributed by atoms with E-state index >= 15 is 0 Å². The Balaban J connectivity index is 1.55. The van der Waals surface area contributed by atoms with Crippen molar-refractivity contribution in [1.82, 2.24) is 15.6 Å². The fourth-order valence-corrected chi connectivity index (χ4v) is 3.69. The fraction of sp³-hybridized carbons (Fsp3) is 0.375. The van der Waals surface area contributed by atoms with Crippen LogP contribution in [0.4, 0.5) is 0 Å². The van der Waals surface area contributed by atoms with Gasteiger partial charge in [-0.3, -0.25) is 4.99 Å². The Morgan fingerprint density at radius 1 is 1.33 bits per heavy atom. The first-order valence-corrected chi connectivity index (χ1v) is 9.26. The highest BCUT2D eigenvalue weighted by Gasteiger charge is 2.17. The standard InChI is InChI=1S/C16H19BrN4O2S/c1-3-11-7-19-14(24-11)8-21-16(18-2)20-6-10-4-12(17)15-13(5-10)22-9-23-15/h4-5,7H,3,6,8-9H2,1-2H3,(H2,18,20,21). The fourth-order valence-electron chi connectivity index (χ4n) is 2.28. The zero-order valence-corrected chi connectivity index (χ0v) is 16.0. The highest BCUT2D eigenvalue weighted by Crippen LogP contribution is 2.39. The minimum Gasteiger partial charge on any atom is -0.454 e. The van der Waals surface area contributed by atoms with E-state index in [1.807, 2.05) is 18.3 Å². The number of aryl methyl sites for hydroxylation is 1. The Hall–Kier alpha value is -1.80. The average Bonchev–Trinajstić information content (AvgIpc) is 3.24. The molecule has 0 bridgehead atoms. The molecular weight excluding hydrogens is 392 g/mol. The van der Waals surface area contributed by atoms with E-state index in [2.05, 4.69) is 43.5 Å². The van der Waals surface area contributed by atoms with Gasteiger partial charge >= 0.3 is 0 Å². The van der Waals surface area contributed by atoms with Gasteiger partial charge in [0.25, 0.3) is 0 Å².